The number of nitrogens with zero attached hydrogens (tertiary/aromatic N) is 2. The van der Waals surface area contributed by atoms with Crippen LogP contribution in [0.4, 0.5) is 19.3 Å². The lowest BCUT2D eigenvalue weighted by atomic mass is 10.0. The number of likely N-dealkylation sites (N-methyl/N-ethyl adjacent to an activating group) is 1. The Morgan fingerprint density at radius 3 is 2.50 bits per heavy atom. The standard InChI is InChI=1S/C14H13ClF2N2O5/c1-14(24)5-10(19(12(14)21)13(22)23)11(20)18(2)9-3-6(15)7(16)4-8(9)17/h3-4,10,24H,5H2,1-2H3,(H,22,23). The fourth-order valence-corrected chi connectivity index (χ4v) is 2.64. The van der Waals surface area contributed by atoms with E-state index in [-0.39, 0.29) is 4.90 Å². The molecule has 2 N–H and O–H groups in total. The normalized spacial score (nSPS) is 23.5. The third-order valence-electron chi connectivity index (χ3n) is 3.75. The Bertz CT molecular complexity index is 740. The van der Waals surface area contributed by atoms with Gasteiger partial charge in [-0.05, 0) is 13.0 Å². The van der Waals surface area contributed by atoms with E-state index in [1.807, 2.05) is 0 Å². The first-order valence-electron chi connectivity index (χ1n) is 6.68. The van der Waals surface area contributed by atoms with E-state index >= 15 is 0 Å². The highest BCUT2D eigenvalue weighted by Crippen LogP contribution is 2.32. The number of carbonyl (C=O) groups is 3. The minimum Gasteiger partial charge on any atom is -0.465 e. The Balaban J connectivity index is 2.39. The number of benzene rings is 1. The lowest BCUT2D eigenvalue weighted by Gasteiger charge is -2.25. The van der Waals surface area contributed by atoms with E-state index in [0.29, 0.717) is 6.07 Å². The molecule has 2 unspecified atom stereocenters. The molecule has 3 amide bonds. The summed E-state index contributed by atoms with van der Waals surface area (Å²) in [7, 11) is 1.12. The lowest BCUT2D eigenvalue weighted by Crippen LogP contribution is -2.48. The number of aliphatic hydroxyl groups is 1. The van der Waals surface area contributed by atoms with Gasteiger partial charge in [-0.1, -0.05) is 11.6 Å². The summed E-state index contributed by atoms with van der Waals surface area (Å²) in [5, 5.41) is 18.6. The van der Waals surface area contributed by atoms with Crippen LogP contribution in [-0.2, 0) is 9.59 Å². The molecule has 0 radical (unpaired) electrons. The van der Waals surface area contributed by atoms with Gasteiger partial charge in [-0.25, -0.2) is 18.5 Å². The van der Waals surface area contributed by atoms with Crippen LogP contribution in [0.1, 0.15) is 13.3 Å². The van der Waals surface area contributed by atoms with Gasteiger partial charge in [0.1, 0.15) is 23.3 Å². The van der Waals surface area contributed by atoms with Gasteiger partial charge in [0.15, 0.2) is 0 Å². The molecule has 0 bridgehead atoms. The topological polar surface area (TPSA) is 98.2 Å². The monoisotopic (exact) mass is 362 g/mol. The molecular formula is C14H13ClF2N2O5. The third-order valence-corrected chi connectivity index (χ3v) is 4.04. The molecule has 1 aromatic rings. The van der Waals surface area contributed by atoms with Gasteiger partial charge in [0.2, 0.25) is 5.91 Å². The molecule has 24 heavy (non-hydrogen) atoms. The van der Waals surface area contributed by atoms with Gasteiger partial charge in [0, 0.05) is 19.5 Å². The van der Waals surface area contributed by atoms with Gasteiger partial charge in [-0.3, -0.25) is 9.59 Å². The highest BCUT2D eigenvalue weighted by atomic mass is 35.5. The number of anilines is 1. The zero-order chi connectivity index (χ0) is 18.4. The van der Waals surface area contributed by atoms with E-state index < -0.39 is 58.3 Å². The number of likely N-dealkylation sites (tertiary alicyclic amines) is 1. The molecule has 0 spiro atoms. The summed E-state index contributed by atoms with van der Waals surface area (Å²) in [6.45, 7) is 1.08. The number of halogens is 3. The first-order valence-corrected chi connectivity index (χ1v) is 7.06. The number of hydrogen-bond acceptors (Lipinski definition) is 4. The smallest absolute Gasteiger partial charge is 0.414 e. The van der Waals surface area contributed by atoms with Crippen molar-refractivity contribution in [3.8, 4) is 0 Å². The average Bonchev–Trinajstić information content (AvgIpc) is 2.72. The molecule has 1 heterocycles. The zero-order valence-corrected chi connectivity index (χ0v) is 13.3. The van der Waals surface area contributed by atoms with Crippen molar-refractivity contribution in [1.29, 1.82) is 0 Å². The number of carboxylic acid groups (broad SMARTS) is 1. The first kappa shape index (κ1) is 18.1. The molecule has 1 aliphatic rings. The first-order chi connectivity index (χ1) is 11.0. The van der Waals surface area contributed by atoms with E-state index in [0.717, 1.165) is 24.9 Å². The molecule has 0 aliphatic carbocycles. The van der Waals surface area contributed by atoms with Crippen LogP contribution >= 0.6 is 11.6 Å². The second kappa shape index (κ2) is 5.99. The van der Waals surface area contributed by atoms with Crippen LogP contribution in [0.5, 0.6) is 0 Å². The van der Waals surface area contributed by atoms with Crippen molar-refractivity contribution in [3.05, 3.63) is 28.8 Å². The molecule has 1 aliphatic heterocycles. The fourth-order valence-electron chi connectivity index (χ4n) is 2.49. The Hall–Kier alpha value is -2.26. The van der Waals surface area contributed by atoms with Crippen LogP contribution in [0.2, 0.25) is 5.02 Å². The highest BCUT2D eigenvalue weighted by molar-refractivity contribution is 6.31. The summed E-state index contributed by atoms with van der Waals surface area (Å²) in [5.41, 5.74) is -2.44. The van der Waals surface area contributed by atoms with E-state index in [2.05, 4.69) is 0 Å². The van der Waals surface area contributed by atoms with Gasteiger partial charge in [-0.15, -0.1) is 0 Å². The third kappa shape index (κ3) is 2.92. The quantitative estimate of drug-likeness (QED) is 0.779. The maximum absolute atomic E-state index is 13.9. The Morgan fingerprint density at radius 1 is 1.38 bits per heavy atom. The molecule has 1 aromatic carbocycles. The van der Waals surface area contributed by atoms with E-state index in [1.54, 1.807) is 0 Å². The Kier molecular flexibility index (Phi) is 4.51. The molecule has 130 valence electrons. The summed E-state index contributed by atoms with van der Waals surface area (Å²) < 4.78 is 27.1. The molecule has 0 aromatic heterocycles. The van der Waals surface area contributed by atoms with Gasteiger partial charge in [0.25, 0.3) is 5.91 Å². The summed E-state index contributed by atoms with van der Waals surface area (Å²) in [6, 6.07) is -0.200. The Morgan fingerprint density at radius 2 is 1.96 bits per heavy atom. The Labute approximate surface area is 140 Å². The van der Waals surface area contributed by atoms with Crippen LogP contribution in [0.15, 0.2) is 12.1 Å². The van der Waals surface area contributed by atoms with Crippen molar-refractivity contribution in [3.63, 3.8) is 0 Å². The van der Waals surface area contributed by atoms with Crippen molar-refractivity contribution in [2.24, 2.45) is 0 Å². The van der Waals surface area contributed by atoms with Gasteiger partial charge in [0.05, 0.1) is 10.7 Å². The SMILES string of the molecule is CN(C(=O)C1CC(C)(O)C(=O)N1C(=O)O)c1cc(Cl)c(F)cc1F. The largest absolute Gasteiger partial charge is 0.465 e. The number of imide groups is 1. The second-order valence-electron chi connectivity index (χ2n) is 5.57. The highest BCUT2D eigenvalue weighted by Gasteiger charge is 2.53. The molecular weight excluding hydrogens is 350 g/mol. The predicted molar refractivity (Wildman–Crippen MR) is 78.7 cm³/mol. The molecule has 1 fully saturated rings. The minimum absolute atomic E-state index is 0.196. The van der Waals surface area contributed by atoms with Crippen LogP contribution in [-0.4, -0.2) is 51.7 Å². The van der Waals surface area contributed by atoms with Crippen LogP contribution in [0, 0.1) is 11.6 Å². The second-order valence-corrected chi connectivity index (χ2v) is 5.97. The van der Waals surface area contributed by atoms with Crippen molar-refractivity contribution in [1.82, 2.24) is 4.90 Å². The fraction of sp³-hybridized carbons (Fsp3) is 0.357. The predicted octanol–water partition coefficient (Wildman–Crippen LogP) is 1.61. The van der Waals surface area contributed by atoms with Crippen molar-refractivity contribution in [2.75, 3.05) is 11.9 Å². The van der Waals surface area contributed by atoms with Crippen molar-refractivity contribution < 1.29 is 33.4 Å². The molecule has 2 rings (SSSR count). The molecule has 1 saturated heterocycles. The molecule has 10 heteroatoms. The summed E-state index contributed by atoms with van der Waals surface area (Å²) in [5.74, 6) is -4.24. The maximum atomic E-state index is 13.9. The van der Waals surface area contributed by atoms with E-state index in [9.17, 15) is 28.3 Å². The number of amides is 3. The lowest BCUT2D eigenvalue weighted by molar-refractivity contribution is -0.141. The molecule has 0 saturated carbocycles. The van der Waals surface area contributed by atoms with E-state index in [1.165, 1.54) is 0 Å². The number of carbonyl (C=O) groups excluding carboxylic acids is 2. The molecule has 7 nitrogen and oxygen atoms in total. The van der Waals surface area contributed by atoms with Gasteiger partial charge in [-0.2, -0.15) is 0 Å². The minimum atomic E-state index is -2.04. The average molecular weight is 363 g/mol. The van der Waals surface area contributed by atoms with Gasteiger partial charge >= 0.3 is 6.09 Å². The molecule has 2 atom stereocenters. The van der Waals surface area contributed by atoms with Crippen LogP contribution in [0.25, 0.3) is 0 Å². The number of hydrogen-bond donors (Lipinski definition) is 2. The summed E-state index contributed by atoms with van der Waals surface area (Å²) in [4.78, 5) is 36.5. The van der Waals surface area contributed by atoms with Crippen LogP contribution in [0.3, 0.4) is 0 Å². The van der Waals surface area contributed by atoms with Crippen molar-refractivity contribution in [2.45, 2.75) is 25.0 Å². The number of rotatable bonds is 2. The van der Waals surface area contributed by atoms with E-state index in [4.69, 9.17) is 16.7 Å². The summed E-state index contributed by atoms with van der Waals surface area (Å²) >= 11 is 5.56. The van der Waals surface area contributed by atoms with Crippen molar-refractivity contribution >= 4 is 35.2 Å². The maximum Gasteiger partial charge on any atom is 0.414 e. The van der Waals surface area contributed by atoms with Crippen LogP contribution < -0.4 is 4.90 Å². The zero-order valence-electron chi connectivity index (χ0n) is 12.6. The van der Waals surface area contributed by atoms with Gasteiger partial charge < -0.3 is 15.1 Å². The summed E-state index contributed by atoms with van der Waals surface area (Å²) in [6.07, 6.45) is -2.21.